The summed E-state index contributed by atoms with van der Waals surface area (Å²) in [5, 5.41) is 17.4. The predicted octanol–water partition coefficient (Wildman–Crippen LogP) is -3.95. The molecule has 0 aromatic heterocycles. The second-order valence-corrected chi connectivity index (χ2v) is 3.31. The molecule has 2 N–H and O–H groups in total. The highest BCUT2D eigenvalue weighted by Crippen LogP contribution is 1.92. The van der Waals surface area contributed by atoms with Crippen molar-refractivity contribution < 1.29 is 27.1 Å². The lowest BCUT2D eigenvalue weighted by molar-refractivity contribution is -0.873. The molecule has 0 heterocycles. The zero-order valence-corrected chi connectivity index (χ0v) is 7.47. The molecule has 0 saturated heterocycles. The van der Waals surface area contributed by atoms with Gasteiger partial charge in [-0.15, -0.1) is 0 Å². The van der Waals surface area contributed by atoms with Gasteiger partial charge < -0.3 is 27.1 Å². The predicted molar refractivity (Wildman–Crippen MR) is 36.0 cm³/mol. The molecule has 0 saturated carbocycles. The molecule has 1 atom stereocenters. The maximum atomic E-state index is 8.93. The Balaban J connectivity index is 0. The van der Waals surface area contributed by atoms with Gasteiger partial charge in [-0.1, -0.05) is 0 Å². The number of halogens is 1. The fourth-order valence-electron chi connectivity index (χ4n) is 0.690. The van der Waals surface area contributed by atoms with Crippen LogP contribution in [0.25, 0.3) is 0 Å². The highest BCUT2D eigenvalue weighted by atomic mass is 35.5. The molecule has 0 aliphatic rings. The van der Waals surface area contributed by atoms with Gasteiger partial charge in [0.05, 0.1) is 27.7 Å². The van der Waals surface area contributed by atoms with Crippen LogP contribution in [0.2, 0.25) is 0 Å². The van der Waals surface area contributed by atoms with E-state index in [1.807, 2.05) is 21.1 Å². The molecular weight excluding hydrogens is 154 g/mol. The number of quaternary nitrogens is 1. The minimum Gasteiger partial charge on any atom is -1.00 e. The second kappa shape index (κ2) is 4.91. The minimum absolute atomic E-state index is 0. The maximum Gasteiger partial charge on any atom is 0.126 e. The normalized spacial score (nSPS) is 14.1. The third-order valence-corrected chi connectivity index (χ3v) is 0.969. The van der Waals surface area contributed by atoms with Crippen molar-refractivity contribution in [1.29, 1.82) is 0 Å². The van der Waals surface area contributed by atoms with Crippen molar-refractivity contribution in [2.24, 2.45) is 0 Å². The van der Waals surface area contributed by atoms with Crippen LogP contribution in [0.1, 0.15) is 0 Å². The Morgan fingerprint density at radius 3 is 1.80 bits per heavy atom. The fraction of sp³-hybridized carbons (Fsp3) is 1.00. The smallest absolute Gasteiger partial charge is 0.126 e. The summed E-state index contributed by atoms with van der Waals surface area (Å²) in [6.45, 7) is 0.450. The lowest BCUT2D eigenvalue weighted by atomic mass is 10.3. The van der Waals surface area contributed by atoms with Crippen LogP contribution in [0, 0.1) is 0 Å². The number of hydrogen-bond acceptors (Lipinski definition) is 2. The van der Waals surface area contributed by atoms with Crippen LogP contribution in [0.4, 0.5) is 0 Å². The summed E-state index contributed by atoms with van der Waals surface area (Å²) < 4.78 is 0.682. The third-order valence-electron chi connectivity index (χ3n) is 0.969. The van der Waals surface area contributed by atoms with E-state index in [4.69, 9.17) is 10.2 Å². The molecule has 0 spiro atoms. The van der Waals surface area contributed by atoms with Crippen LogP contribution < -0.4 is 12.4 Å². The summed E-state index contributed by atoms with van der Waals surface area (Å²) in [6, 6.07) is 0. The molecular formula is C6H16ClNO2. The molecule has 10 heavy (non-hydrogen) atoms. The summed E-state index contributed by atoms with van der Waals surface area (Å²) >= 11 is 0. The molecule has 0 bridgehead atoms. The molecule has 3 nitrogen and oxygen atoms in total. The maximum absolute atomic E-state index is 8.93. The quantitative estimate of drug-likeness (QED) is 0.424. The van der Waals surface area contributed by atoms with Gasteiger partial charge in [0.2, 0.25) is 0 Å². The Kier molecular flexibility index (Phi) is 6.29. The van der Waals surface area contributed by atoms with Crippen molar-refractivity contribution in [2.45, 2.75) is 6.10 Å². The van der Waals surface area contributed by atoms with E-state index in [0.717, 1.165) is 0 Å². The molecule has 0 aliphatic carbocycles. The van der Waals surface area contributed by atoms with Crippen LogP contribution in [-0.2, 0) is 0 Å². The van der Waals surface area contributed by atoms with E-state index in [9.17, 15) is 0 Å². The van der Waals surface area contributed by atoms with Crippen LogP contribution in [0.5, 0.6) is 0 Å². The van der Waals surface area contributed by atoms with Crippen molar-refractivity contribution in [3.63, 3.8) is 0 Å². The van der Waals surface area contributed by atoms with Crippen molar-refractivity contribution >= 4 is 0 Å². The van der Waals surface area contributed by atoms with Crippen LogP contribution in [0.15, 0.2) is 0 Å². The number of hydrogen-bond donors (Lipinski definition) is 2. The Labute approximate surface area is 68.3 Å². The van der Waals surface area contributed by atoms with Crippen molar-refractivity contribution in [2.75, 3.05) is 34.3 Å². The lowest BCUT2D eigenvalue weighted by Crippen LogP contribution is -3.00. The summed E-state index contributed by atoms with van der Waals surface area (Å²) in [5.74, 6) is 0. The SMILES string of the molecule is C[N+](C)(C)CC(O)CO.[Cl-]. The summed E-state index contributed by atoms with van der Waals surface area (Å²) in [4.78, 5) is 0. The molecule has 0 rings (SSSR count). The average Bonchev–Trinajstić information content (AvgIpc) is 1.62. The van der Waals surface area contributed by atoms with Crippen molar-refractivity contribution in [3.05, 3.63) is 0 Å². The Bertz CT molecular complexity index is 82.3. The van der Waals surface area contributed by atoms with E-state index < -0.39 is 6.10 Å². The monoisotopic (exact) mass is 169 g/mol. The van der Waals surface area contributed by atoms with E-state index >= 15 is 0 Å². The first-order chi connectivity index (χ1) is 3.95. The first kappa shape index (κ1) is 12.8. The van der Waals surface area contributed by atoms with Gasteiger partial charge in [0.25, 0.3) is 0 Å². The zero-order chi connectivity index (χ0) is 7.49. The van der Waals surface area contributed by atoms with Gasteiger partial charge in [0.1, 0.15) is 12.6 Å². The minimum atomic E-state index is -0.579. The van der Waals surface area contributed by atoms with E-state index in [1.54, 1.807) is 0 Å². The molecule has 0 fully saturated rings. The van der Waals surface area contributed by atoms with Crippen LogP contribution >= 0.6 is 0 Å². The second-order valence-electron chi connectivity index (χ2n) is 3.31. The lowest BCUT2D eigenvalue weighted by Gasteiger charge is -2.25. The Morgan fingerprint density at radius 2 is 1.70 bits per heavy atom. The van der Waals surface area contributed by atoms with Crippen LogP contribution in [-0.4, -0.2) is 55.1 Å². The van der Waals surface area contributed by atoms with Gasteiger partial charge in [-0.3, -0.25) is 0 Å². The zero-order valence-electron chi connectivity index (χ0n) is 6.71. The molecule has 1 unspecified atom stereocenters. The Morgan fingerprint density at radius 1 is 1.30 bits per heavy atom. The standard InChI is InChI=1S/C6H16NO2.ClH/c1-7(2,3)4-6(9)5-8;/h6,8-9H,4-5H2,1-3H3;1H/q+1;/p-1. The van der Waals surface area contributed by atoms with E-state index in [-0.39, 0.29) is 19.0 Å². The number of rotatable bonds is 3. The summed E-state index contributed by atoms with van der Waals surface area (Å²) in [6.07, 6.45) is -0.579. The van der Waals surface area contributed by atoms with Gasteiger partial charge in [-0.05, 0) is 0 Å². The first-order valence-electron chi connectivity index (χ1n) is 3.05. The van der Waals surface area contributed by atoms with Gasteiger partial charge in [-0.25, -0.2) is 0 Å². The molecule has 0 aromatic rings. The fourth-order valence-corrected chi connectivity index (χ4v) is 0.690. The highest BCUT2D eigenvalue weighted by molar-refractivity contribution is 4.47. The highest BCUT2D eigenvalue weighted by Gasteiger charge is 2.13. The number of likely N-dealkylation sites (N-methyl/N-ethyl adjacent to an activating group) is 1. The number of nitrogens with zero attached hydrogens (tertiary/aromatic N) is 1. The van der Waals surface area contributed by atoms with Crippen molar-refractivity contribution in [3.8, 4) is 0 Å². The van der Waals surface area contributed by atoms with E-state index in [2.05, 4.69) is 0 Å². The summed E-state index contributed by atoms with van der Waals surface area (Å²) in [7, 11) is 5.91. The average molecular weight is 170 g/mol. The third kappa shape index (κ3) is 8.17. The van der Waals surface area contributed by atoms with Gasteiger partial charge >= 0.3 is 0 Å². The van der Waals surface area contributed by atoms with E-state index in [0.29, 0.717) is 11.0 Å². The molecule has 0 aliphatic heterocycles. The van der Waals surface area contributed by atoms with Crippen LogP contribution in [0.3, 0.4) is 0 Å². The molecule has 4 heteroatoms. The molecule has 0 aromatic carbocycles. The van der Waals surface area contributed by atoms with Gasteiger partial charge in [0, 0.05) is 0 Å². The molecule has 0 radical (unpaired) electrons. The first-order valence-corrected chi connectivity index (χ1v) is 3.05. The van der Waals surface area contributed by atoms with Gasteiger partial charge in [0.15, 0.2) is 0 Å². The molecule has 64 valence electrons. The van der Waals surface area contributed by atoms with Crippen molar-refractivity contribution in [1.82, 2.24) is 0 Å². The largest absolute Gasteiger partial charge is 1.00 e. The number of aliphatic hydroxyl groups excluding tert-OH is 2. The topological polar surface area (TPSA) is 40.5 Å². The Hall–Kier alpha value is 0.170. The molecule has 0 amide bonds. The van der Waals surface area contributed by atoms with E-state index in [1.165, 1.54) is 0 Å². The van der Waals surface area contributed by atoms with Gasteiger partial charge in [-0.2, -0.15) is 0 Å². The number of aliphatic hydroxyl groups is 2. The summed E-state index contributed by atoms with van der Waals surface area (Å²) in [5.41, 5.74) is 0.